The van der Waals surface area contributed by atoms with E-state index in [0.29, 0.717) is 17.9 Å². The number of halogens is 6. The maximum Gasteiger partial charge on any atom is 0.392 e. The van der Waals surface area contributed by atoms with E-state index in [0.717, 1.165) is 6.92 Å². The molecule has 1 N–H and O–H groups in total. The van der Waals surface area contributed by atoms with Gasteiger partial charge in [0.05, 0.1) is 28.0 Å². The third-order valence-electron chi connectivity index (χ3n) is 6.16. The highest BCUT2D eigenvalue weighted by Crippen LogP contribution is 2.51. The van der Waals surface area contributed by atoms with Gasteiger partial charge in [0.2, 0.25) is 5.91 Å². The number of ether oxygens (including phenoxy) is 1. The van der Waals surface area contributed by atoms with Crippen LogP contribution in [0.15, 0.2) is 36.4 Å². The van der Waals surface area contributed by atoms with Gasteiger partial charge in [-0.3, -0.25) is 9.59 Å². The van der Waals surface area contributed by atoms with E-state index in [4.69, 9.17) is 27.9 Å². The van der Waals surface area contributed by atoms with Crippen LogP contribution in [-0.2, 0) is 20.7 Å². The Morgan fingerprint density at radius 1 is 1.06 bits per heavy atom. The number of carbonyl (C=O) groups is 2. The smallest absolute Gasteiger partial charge is 0.392 e. The van der Waals surface area contributed by atoms with Gasteiger partial charge in [-0.15, -0.1) is 0 Å². The number of hydrogen-bond acceptors (Lipinski definition) is 3. The van der Waals surface area contributed by atoms with Crippen molar-refractivity contribution in [2.45, 2.75) is 64.7 Å². The van der Waals surface area contributed by atoms with Crippen molar-refractivity contribution in [1.82, 2.24) is 0 Å². The number of esters is 1. The number of hydrogen-bond donors (Lipinski definition) is 1. The molecule has 1 fully saturated rings. The molecule has 1 aliphatic carbocycles. The van der Waals surface area contributed by atoms with Gasteiger partial charge in [0.25, 0.3) is 0 Å². The molecule has 0 aliphatic heterocycles. The molecule has 1 aliphatic rings. The normalized spacial score (nSPS) is 16.7. The van der Waals surface area contributed by atoms with Gasteiger partial charge in [-0.2, -0.15) is 13.2 Å². The van der Waals surface area contributed by atoms with Crippen molar-refractivity contribution in [2.24, 2.45) is 11.3 Å². The minimum atomic E-state index is -4.70. The van der Waals surface area contributed by atoms with Crippen molar-refractivity contribution in [2.75, 3.05) is 5.32 Å². The number of anilines is 1. The van der Waals surface area contributed by atoms with Crippen LogP contribution < -0.4 is 5.32 Å². The van der Waals surface area contributed by atoms with Gasteiger partial charge < -0.3 is 10.1 Å². The summed E-state index contributed by atoms with van der Waals surface area (Å²) < 4.78 is 61.9. The molecule has 36 heavy (non-hydrogen) atoms. The molecule has 1 amide bonds. The molecule has 2 aromatic rings. The van der Waals surface area contributed by atoms with Crippen LogP contribution in [0, 0.1) is 17.2 Å². The molecule has 4 nitrogen and oxygen atoms in total. The number of nitrogens with one attached hydrogen (secondary N) is 1. The second-order valence-electron chi connectivity index (χ2n) is 10.2. The largest absolute Gasteiger partial charge is 0.460 e. The molecule has 0 unspecified atom stereocenters. The minimum absolute atomic E-state index is 0.00729. The molecule has 0 aromatic heterocycles. The summed E-state index contributed by atoms with van der Waals surface area (Å²) in [5.74, 6) is -6.19. The maximum atomic E-state index is 15.5. The average Bonchev–Trinajstić information content (AvgIpc) is 3.54. The van der Waals surface area contributed by atoms with E-state index in [1.54, 1.807) is 20.8 Å². The maximum absolute atomic E-state index is 15.5. The zero-order chi connectivity index (χ0) is 27.1. The molecule has 2 atom stereocenters. The number of carbonyl (C=O) groups excluding carboxylic acids is 2. The molecule has 0 spiro atoms. The summed E-state index contributed by atoms with van der Waals surface area (Å²) >= 11 is 12.0. The van der Waals surface area contributed by atoms with Crippen LogP contribution >= 0.6 is 23.2 Å². The third kappa shape index (κ3) is 6.51. The van der Waals surface area contributed by atoms with Gasteiger partial charge in [-0.05, 0) is 69.4 Å². The Hall–Kier alpha value is -2.32. The fourth-order valence-electron chi connectivity index (χ4n) is 3.93. The lowest BCUT2D eigenvalue weighted by molar-refractivity contribution is -0.178. The summed E-state index contributed by atoms with van der Waals surface area (Å²) in [5, 5.41) is 2.37. The first kappa shape index (κ1) is 28.3. The SMILES string of the molecule is C[C@H]([C@H](C(=O)Nc1c(Cl)ccc(CC2(C(=O)OC(C)(C)C)CC2)c1F)c1ccc(Cl)cc1)C(F)(F)F. The van der Waals surface area contributed by atoms with Crippen molar-refractivity contribution in [3.63, 3.8) is 0 Å². The Bertz CT molecular complexity index is 1140. The zero-order valence-corrected chi connectivity index (χ0v) is 21.7. The Balaban J connectivity index is 1.90. The molecule has 0 saturated heterocycles. The van der Waals surface area contributed by atoms with Crippen molar-refractivity contribution in [3.05, 3.63) is 63.4 Å². The van der Waals surface area contributed by atoms with E-state index < -0.39 is 52.4 Å². The number of amides is 1. The highest BCUT2D eigenvalue weighted by Gasteiger charge is 2.52. The predicted octanol–water partition coefficient (Wildman–Crippen LogP) is 7.72. The molecule has 10 heteroatoms. The first-order valence-electron chi connectivity index (χ1n) is 11.4. The predicted molar refractivity (Wildman–Crippen MR) is 131 cm³/mol. The first-order valence-corrected chi connectivity index (χ1v) is 12.1. The van der Waals surface area contributed by atoms with Crippen LogP contribution in [0.4, 0.5) is 23.2 Å². The van der Waals surface area contributed by atoms with E-state index in [1.807, 2.05) is 0 Å². The summed E-state index contributed by atoms with van der Waals surface area (Å²) in [6, 6.07) is 8.13. The van der Waals surface area contributed by atoms with Crippen LogP contribution in [0.3, 0.4) is 0 Å². The van der Waals surface area contributed by atoms with Gasteiger partial charge in [-0.1, -0.05) is 48.3 Å². The van der Waals surface area contributed by atoms with Gasteiger partial charge in [-0.25, -0.2) is 4.39 Å². The monoisotopic (exact) mass is 547 g/mol. The van der Waals surface area contributed by atoms with Crippen LogP contribution in [0.2, 0.25) is 10.0 Å². The second kappa shape index (κ2) is 10.2. The highest BCUT2D eigenvalue weighted by atomic mass is 35.5. The Morgan fingerprint density at radius 2 is 1.64 bits per heavy atom. The molecular weight excluding hydrogens is 521 g/mol. The van der Waals surface area contributed by atoms with Crippen LogP contribution in [0.5, 0.6) is 0 Å². The molecule has 0 bridgehead atoms. The third-order valence-corrected chi connectivity index (χ3v) is 6.73. The summed E-state index contributed by atoms with van der Waals surface area (Å²) in [5.41, 5.74) is -1.87. The van der Waals surface area contributed by atoms with E-state index in [2.05, 4.69) is 5.32 Å². The fourth-order valence-corrected chi connectivity index (χ4v) is 4.25. The molecule has 0 radical (unpaired) electrons. The van der Waals surface area contributed by atoms with Crippen LogP contribution in [-0.4, -0.2) is 23.7 Å². The van der Waals surface area contributed by atoms with Crippen molar-refractivity contribution in [1.29, 1.82) is 0 Å². The Labute approximate surface area is 217 Å². The zero-order valence-electron chi connectivity index (χ0n) is 20.2. The van der Waals surface area contributed by atoms with Gasteiger partial charge >= 0.3 is 12.1 Å². The summed E-state index contributed by atoms with van der Waals surface area (Å²) in [6.45, 7) is 6.08. The summed E-state index contributed by atoms with van der Waals surface area (Å²) in [7, 11) is 0. The molecule has 0 heterocycles. The van der Waals surface area contributed by atoms with Crippen molar-refractivity contribution >= 4 is 40.8 Å². The molecule has 1 saturated carbocycles. The van der Waals surface area contributed by atoms with Crippen LogP contribution in [0.25, 0.3) is 0 Å². The molecule has 196 valence electrons. The molecule has 3 rings (SSSR count). The number of benzene rings is 2. The first-order chi connectivity index (χ1) is 16.5. The number of rotatable bonds is 7. The van der Waals surface area contributed by atoms with E-state index in [9.17, 15) is 22.8 Å². The Morgan fingerprint density at radius 3 is 2.14 bits per heavy atom. The second-order valence-corrected chi connectivity index (χ2v) is 11.0. The van der Waals surface area contributed by atoms with E-state index in [1.165, 1.54) is 36.4 Å². The topological polar surface area (TPSA) is 55.4 Å². The standard InChI is InChI=1S/C26H27Cl2F4NO3/c1-14(26(30,31)32)19(15-5-8-17(27)9-6-15)22(34)33-21-18(28)10-7-16(20(21)29)13-25(11-12-25)23(35)36-24(2,3)4/h5-10,14,19H,11-13H2,1-4H3,(H,33,34)/t14-,19+/m1/s1. The average molecular weight is 548 g/mol. The Kier molecular flexibility index (Phi) is 8.01. The van der Waals surface area contributed by atoms with Crippen LogP contribution in [0.1, 0.15) is 57.6 Å². The lowest BCUT2D eigenvalue weighted by Gasteiger charge is -2.26. The fraction of sp³-hybridized carbons (Fsp3) is 0.462. The van der Waals surface area contributed by atoms with Gasteiger partial charge in [0.15, 0.2) is 5.82 Å². The lowest BCUT2D eigenvalue weighted by Crippen LogP contribution is -2.34. The van der Waals surface area contributed by atoms with Crippen molar-refractivity contribution < 1.29 is 31.9 Å². The summed E-state index contributed by atoms with van der Waals surface area (Å²) in [4.78, 5) is 25.8. The number of alkyl halides is 3. The molecular formula is C26H27Cl2F4NO3. The van der Waals surface area contributed by atoms with Crippen molar-refractivity contribution in [3.8, 4) is 0 Å². The van der Waals surface area contributed by atoms with Gasteiger partial charge in [0, 0.05) is 5.02 Å². The van der Waals surface area contributed by atoms with Gasteiger partial charge in [0.1, 0.15) is 5.60 Å². The quantitative estimate of drug-likeness (QED) is 0.285. The van der Waals surface area contributed by atoms with E-state index >= 15 is 4.39 Å². The summed E-state index contributed by atoms with van der Waals surface area (Å²) in [6.07, 6.45) is -3.67. The minimum Gasteiger partial charge on any atom is -0.460 e. The lowest BCUT2D eigenvalue weighted by atomic mass is 9.85. The van der Waals surface area contributed by atoms with E-state index in [-0.39, 0.29) is 22.6 Å². The highest BCUT2D eigenvalue weighted by molar-refractivity contribution is 6.33. The molecule has 2 aromatic carbocycles.